The van der Waals surface area contributed by atoms with Crippen molar-refractivity contribution in [3.05, 3.63) is 75.0 Å². The number of ether oxygens (including phenoxy) is 1. The molecule has 0 spiro atoms. The number of aryl methyl sites for hydroxylation is 2. The van der Waals surface area contributed by atoms with Gasteiger partial charge in [0.15, 0.2) is 5.69 Å². The van der Waals surface area contributed by atoms with E-state index in [4.69, 9.17) is 11.2 Å². The van der Waals surface area contributed by atoms with E-state index < -0.39 is 11.4 Å². The second-order valence-electron chi connectivity index (χ2n) is 8.66. The van der Waals surface area contributed by atoms with Gasteiger partial charge >= 0.3 is 5.97 Å². The molecule has 35 heavy (non-hydrogen) atoms. The van der Waals surface area contributed by atoms with Crippen LogP contribution in [0.15, 0.2) is 42.6 Å². The van der Waals surface area contributed by atoms with Gasteiger partial charge < -0.3 is 14.7 Å². The number of benzene rings is 1. The number of carboxylic acid groups (broad SMARTS) is 1. The van der Waals surface area contributed by atoms with E-state index >= 15 is 0 Å². The van der Waals surface area contributed by atoms with Crippen LogP contribution in [0.4, 0.5) is 0 Å². The predicted molar refractivity (Wildman–Crippen MR) is 134 cm³/mol. The number of methoxy groups -OCH3 is 1. The third-order valence-electron chi connectivity index (χ3n) is 6.27. The fourth-order valence-electron chi connectivity index (χ4n) is 4.22. The summed E-state index contributed by atoms with van der Waals surface area (Å²) in [5.74, 6) is 2.23. The molecule has 1 amide bonds. The molecule has 0 bridgehead atoms. The van der Waals surface area contributed by atoms with Crippen LogP contribution in [0.1, 0.15) is 56.5 Å². The van der Waals surface area contributed by atoms with Gasteiger partial charge in [0, 0.05) is 17.0 Å². The number of aromatic carboxylic acids is 1. The van der Waals surface area contributed by atoms with Crippen molar-refractivity contribution in [1.29, 1.82) is 0 Å². The van der Waals surface area contributed by atoms with Gasteiger partial charge in [-0.1, -0.05) is 18.1 Å². The molecular formula is C27H27N3O4S. The first-order chi connectivity index (χ1) is 16.9. The molecule has 4 rings (SSSR count). The van der Waals surface area contributed by atoms with E-state index in [0.29, 0.717) is 22.2 Å². The van der Waals surface area contributed by atoms with E-state index in [0.717, 1.165) is 42.5 Å². The van der Waals surface area contributed by atoms with E-state index in [1.807, 2.05) is 36.4 Å². The number of nitrogens with zero attached hydrogens (tertiary/aromatic N) is 3. The average Bonchev–Trinajstić information content (AvgIpc) is 3.60. The Labute approximate surface area is 208 Å². The van der Waals surface area contributed by atoms with Crippen molar-refractivity contribution >= 4 is 23.2 Å². The molecule has 1 saturated carbocycles. The van der Waals surface area contributed by atoms with Crippen LogP contribution in [0.5, 0.6) is 5.75 Å². The number of carbonyl (C=O) groups excluding carboxylic acids is 1. The summed E-state index contributed by atoms with van der Waals surface area (Å²) < 4.78 is 5.21. The summed E-state index contributed by atoms with van der Waals surface area (Å²) in [4.78, 5) is 36.5. The van der Waals surface area contributed by atoms with Crippen molar-refractivity contribution in [1.82, 2.24) is 14.9 Å². The highest BCUT2D eigenvalue weighted by Gasteiger charge is 2.54. The van der Waals surface area contributed by atoms with Gasteiger partial charge in [-0.15, -0.1) is 17.8 Å². The lowest BCUT2D eigenvalue weighted by Gasteiger charge is -2.27. The van der Waals surface area contributed by atoms with E-state index in [-0.39, 0.29) is 18.1 Å². The number of carboxylic acids is 1. The minimum atomic E-state index is -1.06. The average molecular weight is 490 g/mol. The number of hydrogen-bond acceptors (Lipinski definition) is 6. The second kappa shape index (κ2) is 10.3. The molecule has 1 aliphatic carbocycles. The van der Waals surface area contributed by atoms with Crippen molar-refractivity contribution in [2.45, 2.75) is 44.6 Å². The van der Waals surface area contributed by atoms with Gasteiger partial charge in [-0.3, -0.25) is 9.78 Å². The summed E-state index contributed by atoms with van der Waals surface area (Å²) in [6, 6.07) is 11.5. The molecule has 0 aliphatic heterocycles. The lowest BCUT2D eigenvalue weighted by Crippen LogP contribution is -2.40. The summed E-state index contributed by atoms with van der Waals surface area (Å²) in [6.07, 6.45) is 10.1. The molecule has 0 radical (unpaired) electrons. The first kappa shape index (κ1) is 24.4. The van der Waals surface area contributed by atoms with E-state index in [9.17, 15) is 14.7 Å². The number of rotatable bonds is 10. The maximum absolute atomic E-state index is 13.8. The Kier molecular flexibility index (Phi) is 7.17. The lowest BCUT2D eigenvalue weighted by atomic mass is 9.99. The first-order valence-electron chi connectivity index (χ1n) is 11.4. The number of pyridine rings is 1. The fourth-order valence-corrected chi connectivity index (χ4v) is 5.16. The first-order valence-corrected chi connectivity index (χ1v) is 12.2. The zero-order valence-corrected chi connectivity index (χ0v) is 20.6. The molecule has 0 atom stereocenters. The maximum Gasteiger partial charge on any atom is 0.355 e. The Balaban J connectivity index is 1.55. The van der Waals surface area contributed by atoms with Crippen molar-refractivity contribution in [3.8, 4) is 18.1 Å². The molecule has 3 aromatic rings. The summed E-state index contributed by atoms with van der Waals surface area (Å²) in [6.45, 7) is 2.51. The van der Waals surface area contributed by atoms with Gasteiger partial charge in [0.2, 0.25) is 5.91 Å². The molecule has 2 aromatic heterocycles. The molecule has 180 valence electrons. The van der Waals surface area contributed by atoms with Crippen molar-refractivity contribution in [3.63, 3.8) is 0 Å². The Morgan fingerprint density at radius 3 is 2.69 bits per heavy atom. The third-order valence-corrected chi connectivity index (χ3v) is 7.22. The second-order valence-corrected chi connectivity index (χ2v) is 9.95. The summed E-state index contributed by atoms with van der Waals surface area (Å²) >= 11 is 1.31. The summed E-state index contributed by atoms with van der Waals surface area (Å²) in [7, 11) is 1.58. The van der Waals surface area contributed by atoms with Crippen LogP contribution in [-0.2, 0) is 23.2 Å². The highest BCUT2D eigenvalue weighted by atomic mass is 32.1. The van der Waals surface area contributed by atoms with Gasteiger partial charge in [0.05, 0.1) is 31.0 Å². The smallest absolute Gasteiger partial charge is 0.355 e. The van der Waals surface area contributed by atoms with Crippen LogP contribution >= 0.6 is 11.3 Å². The number of carbonyl (C=O) groups is 2. The zero-order chi connectivity index (χ0) is 25.0. The molecule has 1 aromatic carbocycles. The van der Waals surface area contributed by atoms with Crippen molar-refractivity contribution in [2.24, 2.45) is 0 Å². The predicted octanol–water partition coefficient (Wildman–Crippen LogP) is 4.23. The maximum atomic E-state index is 13.8. The minimum absolute atomic E-state index is 0.00253. The Hall–Kier alpha value is -3.70. The largest absolute Gasteiger partial charge is 0.495 e. The molecule has 2 heterocycles. The van der Waals surface area contributed by atoms with Crippen LogP contribution in [0.25, 0.3) is 0 Å². The molecule has 1 fully saturated rings. The van der Waals surface area contributed by atoms with E-state index in [2.05, 4.69) is 15.9 Å². The van der Waals surface area contributed by atoms with E-state index in [1.165, 1.54) is 11.3 Å². The Bertz CT molecular complexity index is 1270. The standard InChI is InChI=1S/C27H27N3O4S/c1-4-19-7-5-8-20(15-19)9-6-14-30(17-23-29-24(25(31)32)18(2)35-23)26(33)27(12-13-27)22-11-10-21(34-3)16-28-22/h1,5,7-8,10-11,15-16H,6,9,12-14,17H2,2-3H3,(H,31,32). The monoisotopic (exact) mass is 489 g/mol. The van der Waals surface area contributed by atoms with Gasteiger partial charge in [0.1, 0.15) is 10.8 Å². The Morgan fingerprint density at radius 2 is 2.09 bits per heavy atom. The molecule has 1 aliphatic rings. The van der Waals surface area contributed by atoms with Gasteiger partial charge in [-0.25, -0.2) is 9.78 Å². The highest BCUT2D eigenvalue weighted by molar-refractivity contribution is 7.11. The summed E-state index contributed by atoms with van der Waals surface area (Å²) in [5, 5.41) is 10.0. The fraction of sp³-hybridized carbons (Fsp3) is 0.333. The molecule has 0 saturated heterocycles. The SMILES string of the molecule is C#Cc1cccc(CCCN(Cc2nc(C(=O)O)c(C)s2)C(=O)C2(c3ccc(OC)cn3)CC2)c1. The third kappa shape index (κ3) is 5.36. The normalized spacial score (nSPS) is 13.6. The van der Waals surface area contributed by atoms with Crippen LogP contribution in [0.3, 0.4) is 0 Å². The molecule has 8 heteroatoms. The number of aromatic nitrogens is 2. The number of thiazole rings is 1. The Morgan fingerprint density at radius 1 is 1.29 bits per heavy atom. The number of terminal acetylenes is 1. The zero-order valence-electron chi connectivity index (χ0n) is 19.8. The van der Waals surface area contributed by atoms with Gasteiger partial charge in [-0.2, -0.15) is 0 Å². The highest BCUT2D eigenvalue weighted by Crippen LogP contribution is 2.49. The van der Waals surface area contributed by atoms with Gasteiger partial charge in [-0.05, 0) is 62.4 Å². The lowest BCUT2D eigenvalue weighted by molar-refractivity contribution is -0.134. The van der Waals surface area contributed by atoms with Crippen LogP contribution in [0.2, 0.25) is 0 Å². The molecular weight excluding hydrogens is 462 g/mol. The van der Waals surface area contributed by atoms with E-state index in [1.54, 1.807) is 25.1 Å². The minimum Gasteiger partial charge on any atom is -0.495 e. The van der Waals surface area contributed by atoms with Crippen LogP contribution in [0, 0.1) is 19.3 Å². The number of amides is 1. The topological polar surface area (TPSA) is 92.6 Å². The molecule has 7 nitrogen and oxygen atoms in total. The molecule has 0 unspecified atom stereocenters. The van der Waals surface area contributed by atoms with Crippen molar-refractivity contribution < 1.29 is 19.4 Å². The van der Waals surface area contributed by atoms with Crippen LogP contribution in [-0.4, -0.2) is 45.5 Å². The molecule has 1 N–H and O–H groups in total. The van der Waals surface area contributed by atoms with Crippen LogP contribution < -0.4 is 4.74 Å². The van der Waals surface area contributed by atoms with Crippen molar-refractivity contribution in [2.75, 3.05) is 13.7 Å². The summed E-state index contributed by atoms with van der Waals surface area (Å²) in [5.41, 5.74) is 2.07. The van der Waals surface area contributed by atoms with Gasteiger partial charge in [0.25, 0.3) is 0 Å². The number of hydrogen-bond donors (Lipinski definition) is 1. The quantitative estimate of drug-likeness (QED) is 0.429.